The van der Waals surface area contributed by atoms with Gasteiger partial charge in [0.2, 0.25) is 0 Å². The normalized spacial score (nSPS) is 13.6. The average molecular weight is 230 g/mol. The first-order valence-corrected chi connectivity index (χ1v) is 9.30. The van der Waals surface area contributed by atoms with Crippen LogP contribution in [-0.4, -0.2) is 14.9 Å². The molecule has 0 amide bonds. The molecule has 0 aromatic heterocycles. The predicted octanol–water partition coefficient (Wildman–Crippen LogP) is 4.83. The third kappa shape index (κ3) is 4.27. The molecule has 0 N–H and O–H groups in total. The Morgan fingerprint density at radius 1 is 1.13 bits per heavy atom. The second-order valence-electron chi connectivity index (χ2n) is 5.94. The first kappa shape index (κ1) is 15.2. The van der Waals surface area contributed by atoms with Crippen molar-refractivity contribution in [2.75, 3.05) is 6.61 Å². The van der Waals surface area contributed by atoms with Crippen LogP contribution in [-0.2, 0) is 4.43 Å². The van der Waals surface area contributed by atoms with Gasteiger partial charge in [-0.3, -0.25) is 0 Å². The molecule has 0 saturated heterocycles. The fourth-order valence-electron chi connectivity index (χ4n) is 1.56. The highest BCUT2D eigenvalue weighted by Crippen LogP contribution is 2.44. The summed E-state index contributed by atoms with van der Waals surface area (Å²) in [6.45, 7) is 17.3. The van der Waals surface area contributed by atoms with Crippen molar-refractivity contribution in [2.24, 2.45) is 5.92 Å². The molecule has 0 aliphatic rings. The van der Waals surface area contributed by atoms with Gasteiger partial charge in [-0.05, 0) is 30.5 Å². The lowest BCUT2D eigenvalue weighted by Crippen LogP contribution is -2.45. The lowest BCUT2D eigenvalue weighted by molar-refractivity contribution is 0.259. The summed E-state index contributed by atoms with van der Waals surface area (Å²) in [4.78, 5) is 0. The van der Waals surface area contributed by atoms with E-state index in [1.54, 1.807) is 0 Å². The summed E-state index contributed by atoms with van der Waals surface area (Å²) in [6.07, 6.45) is 3.80. The zero-order valence-corrected chi connectivity index (χ0v) is 12.8. The van der Waals surface area contributed by atoms with Gasteiger partial charge in [-0.2, -0.15) is 0 Å². The Morgan fingerprint density at radius 3 is 2.07 bits per heavy atom. The Hall–Kier alpha value is 0.177. The van der Waals surface area contributed by atoms with Gasteiger partial charge in [-0.1, -0.05) is 47.5 Å². The summed E-state index contributed by atoms with van der Waals surface area (Å²) in [5, 5.41) is 0.360. The van der Waals surface area contributed by atoms with Crippen LogP contribution in [0.2, 0.25) is 18.1 Å². The van der Waals surface area contributed by atoms with Gasteiger partial charge in [-0.25, -0.2) is 0 Å². The Balaban J connectivity index is 4.16. The van der Waals surface area contributed by atoms with Crippen molar-refractivity contribution in [1.29, 1.82) is 0 Å². The molecule has 0 aromatic carbocycles. The van der Waals surface area contributed by atoms with Crippen LogP contribution in [0.4, 0.5) is 0 Å². The SMILES string of the molecule is CCCCCO[Si](C)(C)C(C)(C)C(C)C. The smallest absolute Gasteiger partial charge is 0.192 e. The van der Waals surface area contributed by atoms with E-state index in [-0.39, 0.29) is 0 Å². The molecule has 0 atom stereocenters. The highest BCUT2D eigenvalue weighted by molar-refractivity contribution is 6.74. The standard InChI is InChI=1S/C13H30OSi/c1-8-9-10-11-14-15(6,7)13(4,5)12(2)3/h12H,8-11H2,1-7H3. The quantitative estimate of drug-likeness (QED) is 0.449. The molecule has 15 heavy (non-hydrogen) atoms. The van der Waals surface area contributed by atoms with Crippen molar-refractivity contribution in [3.63, 3.8) is 0 Å². The van der Waals surface area contributed by atoms with Gasteiger partial charge in [-0.15, -0.1) is 0 Å². The van der Waals surface area contributed by atoms with E-state index in [2.05, 4.69) is 47.7 Å². The molecule has 0 aliphatic carbocycles. The second kappa shape index (κ2) is 6.05. The molecule has 0 aliphatic heterocycles. The van der Waals surface area contributed by atoms with Crippen LogP contribution in [0, 0.1) is 5.92 Å². The Kier molecular flexibility index (Phi) is 6.12. The molecule has 0 radical (unpaired) electrons. The van der Waals surface area contributed by atoms with Crippen LogP contribution < -0.4 is 0 Å². The minimum Gasteiger partial charge on any atom is -0.417 e. The first-order valence-electron chi connectivity index (χ1n) is 6.39. The van der Waals surface area contributed by atoms with Gasteiger partial charge < -0.3 is 4.43 Å². The van der Waals surface area contributed by atoms with Crippen molar-refractivity contribution >= 4 is 8.32 Å². The fraction of sp³-hybridized carbons (Fsp3) is 1.00. The highest BCUT2D eigenvalue weighted by atomic mass is 28.4. The van der Waals surface area contributed by atoms with Crippen molar-refractivity contribution in [3.05, 3.63) is 0 Å². The zero-order valence-electron chi connectivity index (χ0n) is 11.8. The first-order chi connectivity index (χ1) is 6.75. The van der Waals surface area contributed by atoms with E-state index in [1.165, 1.54) is 19.3 Å². The molecule has 0 heterocycles. The van der Waals surface area contributed by atoms with Crippen LogP contribution >= 0.6 is 0 Å². The largest absolute Gasteiger partial charge is 0.417 e. The molecular weight excluding hydrogens is 200 g/mol. The van der Waals surface area contributed by atoms with Crippen molar-refractivity contribution in [2.45, 2.75) is 72.0 Å². The van der Waals surface area contributed by atoms with Crippen LogP contribution in [0.5, 0.6) is 0 Å². The van der Waals surface area contributed by atoms with Gasteiger partial charge in [0.1, 0.15) is 0 Å². The van der Waals surface area contributed by atoms with Crippen LogP contribution in [0.15, 0.2) is 0 Å². The van der Waals surface area contributed by atoms with E-state index in [9.17, 15) is 0 Å². The van der Waals surface area contributed by atoms with Gasteiger partial charge in [0.15, 0.2) is 8.32 Å². The maximum atomic E-state index is 6.20. The Labute approximate surface area is 97.7 Å². The summed E-state index contributed by atoms with van der Waals surface area (Å²) in [6, 6.07) is 0. The lowest BCUT2D eigenvalue weighted by Gasteiger charge is -2.42. The van der Waals surface area contributed by atoms with E-state index in [4.69, 9.17) is 4.43 Å². The maximum absolute atomic E-state index is 6.20. The molecule has 0 rings (SSSR count). The minimum atomic E-state index is -1.54. The Morgan fingerprint density at radius 2 is 1.67 bits per heavy atom. The minimum absolute atomic E-state index is 0.360. The van der Waals surface area contributed by atoms with Crippen molar-refractivity contribution < 1.29 is 4.43 Å². The van der Waals surface area contributed by atoms with Crippen LogP contribution in [0.3, 0.4) is 0 Å². The summed E-state index contributed by atoms with van der Waals surface area (Å²) >= 11 is 0. The van der Waals surface area contributed by atoms with Crippen LogP contribution in [0.1, 0.15) is 53.9 Å². The monoisotopic (exact) mass is 230 g/mol. The van der Waals surface area contributed by atoms with E-state index in [0.29, 0.717) is 11.0 Å². The number of rotatable bonds is 7. The third-order valence-electron chi connectivity index (χ3n) is 4.21. The summed E-state index contributed by atoms with van der Waals surface area (Å²) in [5.74, 6) is 0.699. The van der Waals surface area contributed by atoms with E-state index in [0.717, 1.165) is 6.61 Å². The average Bonchev–Trinajstić information content (AvgIpc) is 2.12. The molecule has 0 bridgehead atoms. The van der Waals surface area contributed by atoms with E-state index in [1.807, 2.05) is 0 Å². The molecule has 0 spiro atoms. The summed E-state index contributed by atoms with van der Waals surface area (Å²) < 4.78 is 6.20. The molecule has 0 saturated carbocycles. The third-order valence-corrected chi connectivity index (χ3v) is 8.81. The number of hydrogen-bond acceptors (Lipinski definition) is 1. The summed E-state index contributed by atoms with van der Waals surface area (Å²) in [7, 11) is -1.54. The molecular formula is C13H30OSi. The molecule has 92 valence electrons. The van der Waals surface area contributed by atoms with Crippen LogP contribution in [0.25, 0.3) is 0 Å². The fourth-order valence-corrected chi connectivity index (χ4v) is 3.98. The number of hydrogen-bond donors (Lipinski definition) is 0. The molecule has 0 fully saturated rings. The van der Waals surface area contributed by atoms with Gasteiger partial charge in [0, 0.05) is 6.61 Å². The molecule has 2 heteroatoms. The van der Waals surface area contributed by atoms with Gasteiger partial charge in [0.25, 0.3) is 0 Å². The van der Waals surface area contributed by atoms with Crippen molar-refractivity contribution in [3.8, 4) is 0 Å². The lowest BCUT2D eigenvalue weighted by atomic mass is 9.99. The van der Waals surface area contributed by atoms with E-state index < -0.39 is 8.32 Å². The topological polar surface area (TPSA) is 9.23 Å². The van der Waals surface area contributed by atoms with Gasteiger partial charge >= 0.3 is 0 Å². The molecule has 0 aromatic rings. The molecule has 1 nitrogen and oxygen atoms in total. The maximum Gasteiger partial charge on any atom is 0.192 e. The molecule has 0 unspecified atom stereocenters. The number of unbranched alkanes of at least 4 members (excludes halogenated alkanes) is 2. The van der Waals surface area contributed by atoms with Gasteiger partial charge in [0.05, 0.1) is 0 Å². The van der Waals surface area contributed by atoms with Crippen molar-refractivity contribution in [1.82, 2.24) is 0 Å². The van der Waals surface area contributed by atoms with E-state index >= 15 is 0 Å². The highest BCUT2D eigenvalue weighted by Gasteiger charge is 2.42. The second-order valence-corrected chi connectivity index (χ2v) is 10.5. The predicted molar refractivity (Wildman–Crippen MR) is 71.8 cm³/mol. The summed E-state index contributed by atoms with van der Waals surface area (Å²) in [5.41, 5.74) is 0. The zero-order chi connectivity index (χ0) is 12.1. The Bertz CT molecular complexity index is 173.